The van der Waals surface area contributed by atoms with Crippen molar-refractivity contribution in [2.24, 2.45) is 5.10 Å². The molecule has 126 valence electrons. The van der Waals surface area contributed by atoms with E-state index in [1.807, 2.05) is 63.2 Å². The van der Waals surface area contributed by atoms with Crippen LogP contribution in [0.5, 0.6) is 11.5 Å². The molecule has 0 aliphatic carbocycles. The van der Waals surface area contributed by atoms with Gasteiger partial charge in [-0.05, 0) is 67.8 Å². The van der Waals surface area contributed by atoms with Crippen molar-refractivity contribution in [1.29, 1.82) is 0 Å². The number of carbonyl (C=O) groups excluding carboxylic acids is 1. The Labute approximate surface area is 146 Å². The predicted molar refractivity (Wildman–Crippen MR) is 97.1 cm³/mol. The average Bonchev–Trinajstić information content (AvgIpc) is 3.16. The third-order valence-electron chi connectivity index (χ3n) is 4.51. The first-order valence-corrected chi connectivity index (χ1v) is 8.11. The minimum Gasteiger partial charge on any atom is -0.454 e. The van der Waals surface area contributed by atoms with E-state index in [9.17, 15) is 4.79 Å². The number of ether oxygens (including phenoxy) is 2. The molecule has 0 bridgehead atoms. The first kappa shape index (κ1) is 15.4. The standard InChI is InChI=1S/C20H18N2O3/c1-12-4-6-16(8-13(12)2)22-20(23)17(14(3)21-22)9-15-5-7-18-19(10-15)25-11-24-18/h4-10H,11H2,1-3H3. The lowest BCUT2D eigenvalue weighted by atomic mass is 10.1. The number of fused-ring (bicyclic) bond motifs is 1. The zero-order valence-electron chi connectivity index (χ0n) is 14.4. The molecule has 25 heavy (non-hydrogen) atoms. The van der Waals surface area contributed by atoms with Gasteiger partial charge in [-0.25, -0.2) is 0 Å². The molecule has 0 saturated carbocycles. The number of nitrogens with zero attached hydrogens (tertiary/aromatic N) is 2. The summed E-state index contributed by atoms with van der Waals surface area (Å²) < 4.78 is 10.7. The molecule has 0 unspecified atom stereocenters. The highest BCUT2D eigenvalue weighted by Crippen LogP contribution is 2.34. The summed E-state index contributed by atoms with van der Waals surface area (Å²) in [6.07, 6.45) is 1.84. The van der Waals surface area contributed by atoms with Gasteiger partial charge in [-0.15, -0.1) is 0 Å². The summed E-state index contributed by atoms with van der Waals surface area (Å²) in [7, 11) is 0. The summed E-state index contributed by atoms with van der Waals surface area (Å²) in [5.41, 5.74) is 5.25. The summed E-state index contributed by atoms with van der Waals surface area (Å²) in [6.45, 7) is 6.15. The fourth-order valence-corrected chi connectivity index (χ4v) is 2.89. The molecule has 0 fully saturated rings. The van der Waals surface area contributed by atoms with Crippen LogP contribution in [0.25, 0.3) is 6.08 Å². The Bertz CT molecular complexity index is 944. The highest BCUT2D eigenvalue weighted by Gasteiger charge is 2.29. The van der Waals surface area contributed by atoms with Gasteiger partial charge >= 0.3 is 0 Å². The van der Waals surface area contributed by atoms with E-state index in [2.05, 4.69) is 5.10 Å². The van der Waals surface area contributed by atoms with E-state index in [-0.39, 0.29) is 12.7 Å². The van der Waals surface area contributed by atoms with E-state index in [1.165, 1.54) is 10.6 Å². The van der Waals surface area contributed by atoms with Gasteiger partial charge in [0, 0.05) is 0 Å². The molecule has 0 N–H and O–H groups in total. The average molecular weight is 334 g/mol. The Morgan fingerprint density at radius 2 is 1.80 bits per heavy atom. The van der Waals surface area contributed by atoms with Gasteiger partial charge in [-0.3, -0.25) is 4.79 Å². The Kier molecular flexibility index (Phi) is 3.57. The van der Waals surface area contributed by atoms with Crippen molar-refractivity contribution in [3.8, 4) is 11.5 Å². The van der Waals surface area contributed by atoms with Crippen molar-refractivity contribution >= 4 is 23.4 Å². The van der Waals surface area contributed by atoms with E-state index in [4.69, 9.17) is 9.47 Å². The number of aryl methyl sites for hydroxylation is 2. The van der Waals surface area contributed by atoms with E-state index in [0.717, 1.165) is 22.6 Å². The van der Waals surface area contributed by atoms with E-state index in [1.54, 1.807) is 0 Å². The van der Waals surface area contributed by atoms with Gasteiger partial charge in [0.1, 0.15) is 0 Å². The van der Waals surface area contributed by atoms with Gasteiger partial charge in [0.2, 0.25) is 6.79 Å². The van der Waals surface area contributed by atoms with Gasteiger partial charge in [-0.2, -0.15) is 10.1 Å². The van der Waals surface area contributed by atoms with Crippen molar-refractivity contribution < 1.29 is 14.3 Å². The van der Waals surface area contributed by atoms with Gasteiger partial charge in [0.05, 0.1) is 17.0 Å². The molecule has 0 saturated heterocycles. The van der Waals surface area contributed by atoms with Crippen molar-refractivity contribution in [2.75, 3.05) is 11.8 Å². The number of hydrazone groups is 1. The van der Waals surface area contributed by atoms with Crippen LogP contribution >= 0.6 is 0 Å². The SMILES string of the molecule is CC1=NN(c2ccc(C)c(C)c2)C(=O)C1=Cc1ccc2c(c1)OCO2. The van der Waals surface area contributed by atoms with Crippen LogP contribution in [0, 0.1) is 13.8 Å². The summed E-state index contributed by atoms with van der Waals surface area (Å²) in [5, 5.41) is 5.90. The maximum atomic E-state index is 12.8. The molecule has 2 aliphatic heterocycles. The Morgan fingerprint density at radius 3 is 2.60 bits per heavy atom. The summed E-state index contributed by atoms with van der Waals surface area (Å²) in [4.78, 5) is 12.8. The number of anilines is 1. The van der Waals surface area contributed by atoms with Gasteiger partial charge in [0.25, 0.3) is 5.91 Å². The van der Waals surface area contributed by atoms with E-state index in [0.29, 0.717) is 17.0 Å². The van der Waals surface area contributed by atoms with Crippen LogP contribution in [-0.2, 0) is 4.79 Å². The molecule has 5 nitrogen and oxygen atoms in total. The number of amides is 1. The highest BCUT2D eigenvalue weighted by molar-refractivity contribution is 6.32. The van der Waals surface area contributed by atoms with Crippen LogP contribution in [-0.4, -0.2) is 18.4 Å². The van der Waals surface area contributed by atoms with Gasteiger partial charge < -0.3 is 9.47 Å². The van der Waals surface area contributed by atoms with Crippen LogP contribution in [0.4, 0.5) is 5.69 Å². The molecule has 1 amide bonds. The van der Waals surface area contributed by atoms with Crippen LogP contribution in [0.2, 0.25) is 0 Å². The Hall–Kier alpha value is -3.08. The molecule has 0 radical (unpaired) electrons. The topological polar surface area (TPSA) is 51.1 Å². The molecular formula is C20H18N2O3. The summed E-state index contributed by atoms with van der Waals surface area (Å²) >= 11 is 0. The van der Waals surface area contributed by atoms with Crippen LogP contribution in [0.15, 0.2) is 47.1 Å². The molecule has 2 aliphatic rings. The molecule has 0 spiro atoms. The van der Waals surface area contributed by atoms with Crippen LogP contribution < -0.4 is 14.5 Å². The second-order valence-electron chi connectivity index (χ2n) is 6.24. The fraction of sp³-hybridized carbons (Fsp3) is 0.200. The first-order valence-electron chi connectivity index (χ1n) is 8.11. The molecule has 2 heterocycles. The normalized spacial score (nSPS) is 17.4. The summed E-state index contributed by atoms with van der Waals surface area (Å²) in [6, 6.07) is 11.5. The van der Waals surface area contributed by atoms with Gasteiger partial charge in [0.15, 0.2) is 11.5 Å². The molecule has 0 atom stereocenters. The maximum Gasteiger partial charge on any atom is 0.280 e. The minimum absolute atomic E-state index is 0.126. The third-order valence-corrected chi connectivity index (χ3v) is 4.51. The number of carbonyl (C=O) groups is 1. The molecule has 4 rings (SSSR count). The predicted octanol–water partition coefficient (Wildman–Crippen LogP) is 3.84. The Morgan fingerprint density at radius 1 is 1.00 bits per heavy atom. The third kappa shape index (κ3) is 2.67. The molecule has 2 aromatic carbocycles. The lowest BCUT2D eigenvalue weighted by Gasteiger charge is -2.13. The zero-order valence-corrected chi connectivity index (χ0v) is 14.4. The first-order chi connectivity index (χ1) is 12.0. The maximum absolute atomic E-state index is 12.8. The fourth-order valence-electron chi connectivity index (χ4n) is 2.89. The number of rotatable bonds is 2. The zero-order chi connectivity index (χ0) is 17.6. The number of hydrogen-bond donors (Lipinski definition) is 0. The largest absolute Gasteiger partial charge is 0.454 e. The second kappa shape index (κ2) is 5.77. The van der Waals surface area contributed by atoms with Crippen molar-refractivity contribution in [3.63, 3.8) is 0 Å². The highest BCUT2D eigenvalue weighted by atomic mass is 16.7. The van der Waals surface area contributed by atoms with E-state index >= 15 is 0 Å². The molecule has 2 aromatic rings. The van der Waals surface area contributed by atoms with Crippen molar-refractivity contribution in [1.82, 2.24) is 0 Å². The number of hydrogen-bond acceptors (Lipinski definition) is 4. The second-order valence-corrected chi connectivity index (χ2v) is 6.24. The molecule has 5 heteroatoms. The van der Waals surface area contributed by atoms with Gasteiger partial charge in [-0.1, -0.05) is 12.1 Å². The summed E-state index contributed by atoms with van der Waals surface area (Å²) in [5.74, 6) is 1.29. The quantitative estimate of drug-likeness (QED) is 0.784. The Balaban J connectivity index is 1.67. The minimum atomic E-state index is -0.126. The number of benzene rings is 2. The monoisotopic (exact) mass is 334 g/mol. The molecular weight excluding hydrogens is 316 g/mol. The van der Waals surface area contributed by atoms with Crippen molar-refractivity contribution in [2.45, 2.75) is 20.8 Å². The lowest BCUT2D eigenvalue weighted by Crippen LogP contribution is -2.21. The lowest BCUT2D eigenvalue weighted by molar-refractivity contribution is -0.114. The smallest absolute Gasteiger partial charge is 0.280 e. The molecule has 0 aromatic heterocycles. The van der Waals surface area contributed by atoms with Crippen LogP contribution in [0.1, 0.15) is 23.6 Å². The van der Waals surface area contributed by atoms with Crippen molar-refractivity contribution in [3.05, 3.63) is 58.7 Å². The van der Waals surface area contributed by atoms with E-state index < -0.39 is 0 Å². The van der Waals surface area contributed by atoms with Crippen LogP contribution in [0.3, 0.4) is 0 Å².